The van der Waals surface area contributed by atoms with E-state index in [2.05, 4.69) is 46.1 Å². The quantitative estimate of drug-likeness (QED) is 0.927. The minimum absolute atomic E-state index is 0.100. The first kappa shape index (κ1) is 17.5. The number of nitrogens with zero attached hydrogens (tertiary/aromatic N) is 4. The van der Waals surface area contributed by atoms with Gasteiger partial charge in [-0.05, 0) is 56.9 Å². The Hall–Kier alpha value is -2.37. The van der Waals surface area contributed by atoms with Crippen molar-refractivity contribution in [2.24, 2.45) is 0 Å². The Morgan fingerprint density at radius 1 is 1.20 bits per heavy atom. The number of aromatic nitrogens is 3. The van der Waals surface area contributed by atoms with Gasteiger partial charge in [0.15, 0.2) is 5.82 Å². The number of hydrogen-bond acceptors (Lipinski definition) is 3. The average Bonchev–Trinajstić information content (AvgIpc) is 2.82. The number of fused-ring (bicyclic) bond motifs is 1. The summed E-state index contributed by atoms with van der Waals surface area (Å²) >= 11 is 0. The monoisotopic (exact) mass is 341 g/mol. The minimum Gasteiger partial charge on any atom is -0.338 e. The molecule has 1 aromatic carbocycles. The fourth-order valence-electron chi connectivity index (χ4n) is 3.22. The van der Waals surface area contributed by atoms with E-state index in [4.69, 9.17) is 0 Å². The zero-order valence-corrected chi connectivity index (χ0v) is 15.4. The maximum absolute atomic E-state index is 12.7. The van der Waals surface area contributed by atoms with E-state index in [1.54, 1.807) is 4.90 Å². The highest BCUT2D eigenvalue weighted by atomic mass is 16.2. The molecule has 3 rings (SSSR count). The Morgan fingerprint density at radius 3 is 2.80 bits per heavy atom. The second kappa shape index (κ2) is 7.68. The Bertz CT molecular complexity index is 752. The van der Waals surface area contributed by atoms with Crippen LogP contribution in [-0.2, 0) is 19.5 Å². The first-order chi connectivity index (χ1) is 12.1. The number of benzene rings is 1. The summed E-state index contributed by atoms with van der Waals surface area (Å²) < 4.78 is 2.19. The van der Waals surface area contributed by atoms with Gasteiger partial charge in [0.05, 0.1) is 6.54 Å². The first-order valence-electron chi connectivity index (χ1n) is 9.13. The normalized spacial score (nSPS) is 13.9. The summed E-state index contributed by atoms with van der Waals surface area (Å²) in [6.07, 6.45) is 4.50. The van der Waals surface area contributed by atoms with Crippen molar-refractivity contribution in [2.75, 3.05) is 11.4 Å². The molecule has 0 unspecified atom stereocenters. The van der Waals surface area contributed by atoms with Gasteiger partial charge in [-0.25, -0.2) is 4.79 Å². The van der Waals surface area contributed by atoms with Crippen LogP contribution in [-0.4, -0.2) is 27.3 Å². The highest BCUT2D eigenvalue weighted by molar-refractivity contribution is 5.91. The lowest BCUT2D eigenvalue weighted by molar-refractivity contribution is 0.246. The van der Waals surface area contributed by atoms with Crippen molar-refractivity contribution in [1.29, 1.82) is 0 Å². The molecule has 0 fully saturated rings. The van der Waals surface area contributed by atoms with Crippen LogP contribution in [0.5, 0.6) is 0 Å². The highest BCUT2D eigenvalue weighted by Crippen LogP contribution is 2.22. The summed E-state index contributed by atoms with van der Waals surface area (Å²) in [6.45, 7) is 8.04. The van der Waals surface area contributed by atoms with Gasteiger partial charge in [0, 0.05) is 25.2 Å². The van der Waals surface area contributed by atoms with E-state index in [1.165, 1.54) is 17.5 Å². The molecule has 0 atom stereocenters. The molecule has 134 valence electrons. The molecule has 25 heavy (non-hydrogen) atoms. The molecule has 0 spiro atoms. The van der Waals surface area contributed by atoms with Crippen LogP contribution in [0.1, 0.15) is 49.0 Å². The number of aryl methyl sites for hydroxylation is 3. The van der Waals surface area contributed by atoms with Crippen LogP contribution in [0.25, 0.3) is 0 Å². The summed E-state index contributed by atoms with van der Waals surface area (Å²) in [5.74, 6) is 1.91. The topological polar surface area (TPSA) is 63.1 Å². The average molecular weight is 341 g/mol. The minimum atomic E-state index is -0.100. The largest absolute Gasteiger partial charge is 0.338 e. The zero-order chi connectivity index (χ0) is 17.8. The fourth-order valence-corrected chi connectivity index (χ4v) is 3.22. The molecule has 0 aliphatic carbocycles. The lowest BCUT2D eigenvalue weighted by Gasteiger charge is -2.23. The van der Waals surface area contributed by atoms with Crippen LogP contribution in [0.4, 0.5) is 10.5 Å². The van der Waals surface area contributed by atoms with Crippen molar-refractivity contribution in [3.63, 3.8) is 0 Å². The summed E-state index contributed by atoms with van der Waals surface area (Å²) in [7, 11) is 0. The van der Waals surface area contributed by atoms with Crippen LogP contribution in [0.2, 0.25) is 0 Å². The summed E-state index contributed by atoms with van der Waals surface area (Å²) in [6, 6.07) is 6.01. The summed E-state index contributed by atoms with van der Waals surface area (Å²) in [5.41, 5.74) is 3.28. The number of anilines is 1. The Morgan fingerprint density at radius 2 is 2.04 bits per heavy atom. The molecule has 0 saturated carbocycles. The molecule has 1 aliphatic rings. The van der Waals surface area contributed by atoms with Crippen LogP contribution in [0, 0.1) is 13.8 Å². The molecule has 1 aromatic heterocycles. The maximum Gasteiger partial charge on any atom is 0.322 e. The van der Waals surface area contributed by atoms with E-state index in [0.717, 1.165) is 43.1 Å². The van der Waals surface area contributed by atoms with Crippen molar-refractivity contribution in [1.82, 2.24) is 20.1 Å². The number of carbonyl (C=O) groups is 1. The van der Waals surface area contributed by atoms with Gasteiger partial charge in [0.2, 0.25) is 0 Å². The molecule has 6 nitrogen and oxygen atoms in total. The van der Waals surface area contributed by atoms with Crippen molar-refractivity contribution in [3.8, 4) is 0 Å². The van der Waals surface area contributed by atoms with Crippen molar-refractivity contribution >= 4 is 11.7 Å². The molecule has 2 heterocycles. The lowest BCUT2D eigenvalue weighted by Crippen LogP contribution is -2.40. The number of carbonyl (C=O) groups excluding carboxylic acids is 1. The summed E-state index contributed by atoms with van der Waals surface area (Å²) in [4.78, 5) is 14.4. The van der Waals surface area contributed by atoms with Crippen LogP contribution in [0.3, 0.4) is 0 Å². The van der Waals surface area contributed by atoms with E-state index in [9.17, 15) is 4.79 Å². The SMILES string of the molecule is CCNC(=O)N(Cc1nnc2n1CCCCC2)c1ccc(C)c(C)c1. The molecule has 2 aromatic rings. The molecular weight excluding hydrogens is 314 g/mol. The third-order valence-corrected chi connectivity index (χ3v) is 4.86. The van der Waals surface area contributed by atoms with Crippen LogP contribution >= 0.6 is 0 Å². The Kier molecular flexibility index (Phi) is 5.36. The van der Waals surface area contributed by atoms with E-state index in [0.29, 0.717) is 13.1 Å². The predicted molar refractivity (Wildman–Crippen MR) is 98.7 cm³/mol. The molecule has 0 bridgehead atoms. The number of nitrogens with one attached hydrogen (secondary N) is 1. The molecular formula is C19H27N5O. The molecule has 0 saturated heterocycles. The van der Waals surface area contributed by atoms with Gasteiger partial charge in [-0.3, -0.25) is 4.90 Å². The number of amides is 2. The van der Waals surface area contributed by atoms with Gasteiger partial charge in [0.1, 0.15) is 5.82 Å². The van der Waals surface area contributed by atoms with E-state index >= 15 is 0 Å². The Labute approximate surface area is 149 Å². The van der Waals surface area contributed by atoms with Gasteiger partial charge >= 0.3 is 6.03 Å². The third kappa shape index (κ3) is 3.83. The molecule has 1 N–H and O–H groups in total. The van der Waals surface area contributed by atoms with E-state index < -0.39 is 0 Å². The number of urea groups is 1. The van der Waals surface area contributed by atoms with Gasteiger partial charge in [-0.1, -0.05) is 12.5 Å². The van der Waals surface area contributed by atoms with Crippen LogP contribution < -0.4 is 10.2 Å². The van der Waals surface area contributed by atoms with Crippen molar-refractivity contribution < 1.29 is 4.79 Å². The Balaban J connectivity index is 1.91. The molecule has 2 amide bonds. The highest BCUT2D eigenvalue weighted by Gasteiger charge is 2.21. The van der Waals surface area contributed by atoms with Crippen molar-refractivity contribution in [3.05, 3.63) is 41.0 Å². The van der Waals surface area contributed by atoms with E-state index in [-0.39, 0.29) is 6.03 Å². The molecule has 6 heteroatoms. The molecule has 1 aliphatic heterocycles. The lowest BCUT2D eigenvalue weighted by atomic mass is 10.1. The summed E-state index contributed by atoms with van der Waals surface area (Å²) in [5, 5.41) is 11.6. The van der Waals surface area contributed by atoms with E-state index in [1.807, 2.05) is 13.0 Å². The first-order valence-corrected chi connectivity index (χ1v) is 9.13. The van der Waals surface area contributed by atoms with Gasteiger partial charge in [-0.15, -0.1) is 10.2 Å². The predicted octanol–water partition coefficient (Wildman–Crippen LogP) is 3.36. The standard InChI is InChI=1S/C19H27N5O/c1-4-20-19(25)24(16-10-9-14(2)15(3)12-16)13-18-22-21-17-8-6-5-7-11-23(17)18/h9-10,12H,4-8,11,13H2,1-3H3,(H,20,25). The van der Waals surface area contributed by atoms with Gasteiger partial charge in [-0.2, -0.15) is 0 Å². The second-order valence-electron chi connectivity index (χ2n) is 6.68. The van der Waals surface area contributed by atoms with Crippen LogP contribution in [0.15, 0.2) is 18.2 Å². The maximum atomic E-state index is 12.7. The third-order valence-electron chi connectivity index (χ3n) is 4.86. The van der Waals surface area contributed by atoms with Gasteiger partial charge in [0.25, 0.3) is 0 Å². The number of rotatable bonds is 4. The smallest absolute Gasteiger partial charge is 0.322 e. The fraction of sp³-hybridized carbons (Fsp3) is 0.526. The molecule has 0 radical (unpaired) electrons. The van der Waals surface area contributed by atoms with Gasteiger partial charge < -0.3 is 9.88 Å². The number of hydrogen-bond donors (Lipinski definition) is 1. The zero-order valence-electron chi connectivity index (χ0n) is 15.4. The van der Waals surface area contributed by atoms with Crippen molar-refractivity contribution in [2.45, 2.75) is 59.5 Å². The second-order valence-corrected chi connectivity index (χ2v) is 6.68.